The van der Waals surface area contributed by atoms with E-state index in [2.05, 4.69) is 0 Å². The molecule has 0 unspecified atom stereocenters. The van der Waals surface area contributed by atoms with Crippen LogP contribution >= 0.6 is 0 Å². The summed E-state index contributed by atoms with van der Waals surface area (Å²) in [7, 11) is -4.28. The van der Waals surface area contributed by atoms with Crippen molar-refractivity contribution in [3.63, 3.8) is 0 Å². The zero-order valence-electron chi connectivity index (χ0n) is 18.6. The average molecular weight is 480 g/mol. The first-order chi connectivity index (χ1) is 15.4. The molecule has 0 bridgehead atoms. The van der Waals surface area contributed by atoms with E-state index in [4.69, 9.17) is 4.74 Å². The van der Waals surface area contributed by atoms with Gasteiger partial charge in [-0.1, -0.05) is 12.1 Å². The molecule has 178 valence electrons. The summed E-state index contributed by atoms with van der Waals surface area (Å²) in [6.07, 6.45) is 0.965. The SMILES string of the molecule is CC(C)(C)OC(=O)N1CCC(c2ccc3cc(O)c(N4CC(=O)NS4(=O)=O)c(F)c3c2)CC1. The van der Waals surface area contributed by atoms with E-state index in [1.165, 1.54) is 6.07 Å². The predicted octanol–water partition coefficient (Wildman–Crippen LogP) is 2.98. The number of phenolic OH excluding ortho intramolecular Hbond substituents is 1. The van der Waals surface area contributed by atoms with Crippen molar-refractivity contribution in [1.29, 1.82) is 0 Å². The van der Waals surface area contributed by atoms with Gasteiger partial charge in [0.1, 0.15) is 23.6 Å². The number of carbonyl (C=O) groups excluding carboxylic acids is 2. The lowest BCUT2D eigenvalue weighted by Gasteiger charge is -2.33. The number of piperidine rings is 1. The number of nitrogens with zero attached hydrogens (tertiary/aromatic N) is 2. The van der Waals surface area contributed by atoms with Gasteiger partial charge in [0.25, 0.3) is 5.91 Å². The Morgan fingerprint density at radius 2 is 1.88 bits per heavy atom. The summed E-state index contributed by atoms with van der Waals surface area (Å²) in [6, 6.07) is 6.42. The lowest BCUT2D eigenvalue weighted by atomic mass is 9.88. The maximum Gasteiger partial charge on any atom is 0.410 e. The van der Waals surface area contributed by atoms with Crippen molar-refractivity contribution in [1.82, 2.24) is 9.62 Å². The molecule has 2 fully saturated rings. The fraction of sp³-hybridized carbons (Fsp3) is 0.455. The van der Waals surface area contributed by atoms with Crippen LogP contribution < -0.4 is 9.03 Å². The Bertz CT molecular complexity index is 1230. The predicted molar refractivity (Wildman–Crippen MR) is 120 cm³/mol. The minimum absolute atomic E-state index is 0.0727. The number of hydrogen-bond acceptors (Lipinski definition) is 6. The number of phenols is 1. The molecule has 2 aliphatic heterocycles. The Morgan fingerprint density at radius 1 is 1.21 bits per heavy atom. The van der Waals surface area contributed by atoms with Crippen molar-refractivity contribution in [2.24, 2.45) is 0 Å². The third-order valence-corrected chi connectivity index (χ3v) is 7.12. The third-order valence-electron chi connectivity index (χ3n) is 5.74. The highest BCUT2D eigenvalue weighted by Crippen LogP contribution is 2.40. The molecule has 2 aromatic rings. The highest BCUT2D eigenvalue weighted by atomic mass is 32.2. The van der Waals surface area contributed by atoms with E-state index in [0.717, 1.165) is 5.56 Å². The lowest BCUT2D eigenvalue weighted by molar-refractivity contribution is -0.117. The number of rotatable bonds is 2. The molecular weight excluding hydrogens is 453 g/mol. The van der Waals surface area contributed by atoms with Gasteiger partial charge in [0.15, 0.2) is 5.82 Å². The number of hydrogen-bond donors (Lipinski definition) is 2. The van der Waals surface area contributed by atoms with Crippen LogP contribution in [-0.4, -0.2) is 55.7 Å². The minimum Gasteiger partial charge on any atom is -0.506 e. The topological polar surface area (TPSA) is 116 Å². The van der Waals surface area contributed by atoms with E-state index in [1.54, 1.807) is 21.8 Å². The molecule has 2 aromatic carbocycles. The first-order valence-electron chi connectivity index (χ1n) is 10.6. The molecule has 11 heteroatoms. The number of fused-ring (bicyclic) bond motifs is 1. The van der Waals surface area contributed by atoms with E-state index in [9.17, 15) is 23.1 Å². The van der Waals surface area contributed by atoms with Crippen LogP contribution in [0.4, 0.5) is 14.9 Å². The fourth-order valence-corrected chi connectivity index (χ4v) is 5.37. The van der Waals surface area contributed by atoms with Crippen molar-refractivity contribution in [3.8, 4) is 5.75 Å². The van der Waals surface area contributed by atoms with Crippen LogP contribution in [-0.2, 0) is 19.7 Å². The highest BCUT2D eigenvalue weighted by Gasteiger charge is 2.38. The van der Waals surface area contributed by atoms with Crippen molar-refractivity contribution in [2.75, 3.05) is 23.9 Å². The lowest BCUT2D eigenvalue weighted by Crippen LogP contribution is -2.41. The van der Waals surface area contributed by atoms with Gasteiger partial charge in [0, 0.05) is 18.5 Å². The maximum atomic E-state index is 15.5. The normalized spacial score (nSPS) is 19.1. The van der Waals surface area contributed by atoms with Gasteiger partial charge in [-0.3, -0.25) is 4.79 Å². The number of benzene rings is 2. The molecule has 0 radical (unpaired) electrons. The van der Waals surface area contributed by atoms with E-state index in [1.807, 2.05) is 26.8 Å². The second kappa shape index (κ2) is 8.05. The van der Waals surface area contributed by atoms with E-state index in [-0.39, 0.29) is 17.4 Å². The largest absolute Gasteiger partial charge is 0.506 e. The zero-order chi connectivity index (χ0) is 24.1. The molecule has 2 saturated heterocycles. The molecule has 2 N–H and O–H groups in total. The Kier molecular flexibility index (Phi) is 5.63. The summed E-state index contributed by atoms with van der Waals surface area (Å²) in [4.78, 5) is 25.5. The summed E-state index contributed by atoms with van der Waals surface area (Å²) >= 11 is 0. The number of likely N-dealkylation sites (tertiary alicyclic amines) is 1. The van der Waals surface area contributed by atoms with Gasteiger partial charge in [-0.25, -0.2) is 18.2 Å². The number of ether oxygens (including phenoxy) is 1. The van der Waals surface area contributed by atoms with Crippen LogP contribution in [0, 0.1) is 5.82 Å². The van der Waals surface area contributed by atoms with Gasteiger partial charge in [-0.05, 0) is 62.6 Å². The van der Waals surface area contributed by atoms with Crippen molar-refractivity contribution >= 4 is 38.7 Å². The van der Waals surface area contributed by atoms with Crippen LogP contribution in [0.1, 0.15) is 45.1 Å². The summed E-state index contributed by atoms with van der Waals surface area (Å²) in [5.74, 6) is -2.22. The van der Waals surface area contributed by atoms with E-state index in [0.29, 0.717) is 35.6 Å². The Hall–Kier alpha value is -3.08. The molecule has 9 nitrogen and oxygen atoms in total. The molecule has 0 aliphatic carbocycles. The Balaban J connectivity index is 1.60. The first kappa shape index (κ1) is 23.1. The number of carbonyl (C=O) groups is 2. The van der Waals surface area contributed by atoms with E-state index < -0.39 is 45.5 Å². The van der Waals surface area contributed by atoms with Crippen LogP contribution in [0.5, 0.6) is 5.75 Å². The van der Waals surface area contributed by atoms with Crippen LogP contribution in [0.3, 0.4) is 0 Å². The van der Waals surface area contributed by atoms with Gasteiger partial charge in [-0.15, -0.1) is 0 Å². The van der Waals surface area contributed by atoms with Crippen molar-refractivity contribution in [2.45, 2.75) is 45.1 Å². The van der Waals surface area contributed by atoms with Gasteiger partial charge < -0.3 is 14.7 Å². The smallest absolute Gasteiger partial charge is 0.410 e. The molecule has 2 aliphatic rings. The molecule has 0 atom stereocenters. The first-order valence-corrected chi connectivity index (χ1v) is 12.1. The van der Waals surface area contributed by atoms with Crippen LogP contribution in [0.25, 0.3) is 10.8 Å². The summed E-state index contributed by atoms with van der Waals surface area (Å²) in [5, 5.41) is 10.9. The molecule has 4 rings (SSSR count). The molecule has 33 heavy (non-hydrogen) atoms. The van der Waals surface area contributed by atoms with E-state index >= 15 is 4.39 Å². The Morgan fingerprint density at radius 3 is 2.45 bits per heavy atom. The summed E-state index contributed by atoms with van der Waals surface area (Å²) < 4.78 is 47.5. The fourth-order valence-electron chi connectivity index (χ4n) is 4.20. The number of nitrogens with one attached hydrogen (secondary N) is 1. The molecule has 0 saturated carbocycles. The quantitative estimate of drug-likeness (QED) is 0.684. The zero-order valence-corrected chi connectivity index (χ0v) is 19.4. The molecule has 0 spiro atoms. The van der Waals surface area contributed by atoms with Crippen LogP contribution in [0.2, 0.25) is 0 Å². The summed E-state index contributed by atoms with van der Waals surface area (Å²) in [5.41, 5.74) is -0.283. The standard InChI is InChI=1S/C22H26FN3O6S/c1-22(2,3)32-21(29)25-8-6-13(7-9-25)14-4-5-15-11-17(27)20(19(23)16(15)10-14)26-12-18(28)24-33(26,30)31/h4-5,10-11,13,27H,6-9,12H2,1-3H3,(H,24,28). The van der Waals surface area contributed by atoms with Crippen molar-refractivity contribution in [3.05, 3.63) is 35.6 Å². The average Bonchev–Trinajstić information content (AvgIpc) is 2.98. The van der Waals surface area contributed by atoms with Crippen molar-refractivity contribution < 1.29 is 32.2 Å². The number of aromatic hydroxyl groups is 1. The van der Waals surface area contributed by atoms with Crippen LogP contribution in [0.15, 0.2) is 24.3 Å². The maximum absolute atomic E-state index is 15.5. The van der Waals surface area contributed by atoms with Gasteiger partial charge >= 0.3 is 16.3 Å². The molecule has 2 amide bonds. The summed E-state index contributed by atoms with van der Waals surface area (Å²) in [6.45, 7) is 5.83. The Labute approximate surface area is 191 Å². The number of anilines is 1. The molecule has 0 aromatic heterocycles. The third kappa shape index (κ3) is 4.54. The van der Waals surface area contributed by atoms with Gasteiger partial charge in [-0.2, -0.15) is 8.42 Å². The second-order valence-corrected chi connectivity index (χ2v) is 10.9. The van der Waals surface area contributed by atoms with Gasteiger partial charge in [0.05, 0.1) is 0 Å². The molecular formula is C22H26FN3O6S. The monoisotopic (exact) mass is 479 g/mol. The number of halogens is 1. The number of amides is 2. The van der Waals surface area contributed by atoms with Gasteiger partial charge in [0.2, 0.25) is 0 Å². The highest BCUT2D eigenvalue weighted by molar-refractivity contribution is 7.92. The second-order valence-electron chi connectivity index (χ2n) is 9.32. The molecule has 2 heterocycles. The minimum atomic E-state index is -4.28.